The van der Waals surface area contributed by atoms with Crippen LogP contribution in [0.1, 0.15) is 24.2 Å². The Morgan fingerprint density at radius 2 is 1.57 bits per heavy atom. The highest BCUT2D eigenvalue weighted by Crippen LogP contribution is 2.29. The van der Waals surface area contributed by atoms with Crippen LogP contribution in [0.15, 0.2) is 66.7 Å². The van der Waals surface area contributed by atoms with Crippen LogP contribution in [0.2, 0.25) is 0 Å². The number of benzene rings is 3. The van der Waals surface area contributed by atoms with Crippen LogP contribution in [0.5, 0.6) is 0 Å². The summed E-state index contributed by atoms with van der Waals surface area (Å²) >= 11 is 0. The normalized spacial score (nSPS) is 9.81. The Labute approximate surface area is 124 Å². The van der Waals surface area contributed by atoms with Crippen LogP contribution < -0.4 is 0 Å². The van der Waals surface area contributed by atoms with Gasteiger partial charge in [0.05, 0.1) is 5.56 Å². The van der Waals surface area contributed by atoms with Crippen molar-refractivity contribution < 1.29 is 9.90 Å². The SMILES string of the molecule is CC.O=C(O)c1ccc2cccc(-c3ccccc3)c2c1. The van der Waals surface area contributed by atoms with E-state index in [2.05, 4.69) is 0 Å². The molecule has 0 amide bonds. The second-order valence-electron chi connectivity index (χ2n) is 4.41. The van der Waals surface area contributed by atoms with Crippen LogP contribution in [0.25, 0.3) is 21.9 Å². The molecule has 0 aliphatic carbocycles. The number of fused-ring (bicyclic) bond motifs is 1. The summed E-state index contributed by atoms with van der Waals surface area (Å²) < 4.78 is 0. The highest BCUT2D eigenvalue weighted by atomic mass is 16.4. The Balaban J connectivity index is 0.000000774. The maximum atomic E-state index is 11.1. The minimum atomic E-state index is -0.898. The molecule has 2 heteroatoms. The molecule has 0 unspecified atom stereocenters. The summed E-state index contributed by atoms with van der Waals surface area (Å²) in [6.45, 7) is 4.00. The Morgan fingerprint density at radius 1 is 0.857 bits per heavy atom. The first-order chi connectivity index (χ1) is 10.3. The Hall–Kier alpha value is -2.61. The molecule has 21 heavy (non-hydrogen) atoms. The molecule has 0 heterocycles. The quantitative estimate of drug-likeness (QED) is 0.696. The molecule has 0 fully saturated rings. The van der Waals surface area contributed by atoms with Crippen LogP contribution >= 0.6 is 0 Å². The smallest absolute Gasteiger partial charge is 0.335 e. The molecule has 3 aromatic carbocycles. The summed E-state index contributed by atoms with van der Waals surface area (Å²) in [6, 6.07) is 21.2. The number of hydrogen-bond acceptors (Lipinski definition) is 1. The van der Waals surface area contributed by atoms with Gasteiger partial charge in [-0.05, 0) is 34.0 Å². The molecule has 0 aliphatic heterocycles. The molecule has 0 aliphatic rings. The first-order valence-electron chi connectivity index (χ1n) is 7.07. The van der Waals surface area contributed by atoms with Crippen molar-refractivity contribution >= 4 is 16.7 Å². The average Bonchev–Trinajstić information content (AvgIpc) is 2.56. The fourth-order valence-corrected chi connectivity index (χ4v) is 2.28. The third-order valence-electron chi connectivity index (χ3n) is 3.21. The Kier molecular flexibility index (Phi) is 4.72. The van der Waals surface area contributed by atoms with Crippen molar-refractivity contribution in [3.05, 3.63) is 72.3 Å². The van der Waals surface area contributed by atoms with Gasteiger partial charge >= 0.3 is 5.97 Å². The van der Waals surface area contributed by atoms with Gasteiger partial charge in [-0.2, -0.15) is 0 Å². The predicted octanol–water partition coefficient (Wildman–Crippen LogP) is 5.23. The van der Waals surface area contributed by atoms with Crippen LogP contribution in [-0.4, -0.2) is 11.1 Å². The molecule has 1 N–H and O–H groups in total. The summed E-state index contributed by atoms with van der Waals surface area (Å²) in [5.74, 6) is -0.898. The summed E-state index contributed by atoms with van der Waals surface area (Å²) in [5.41, 5.74) is 2.47. The summed E-state index contributed by atoms with van der Waals surface area (Å²) in [4.78, 5) is 11.1. The molecule has 0 aromatic heterocycles. The molecule has 0 saturated carbocycles. The second-order valence-corrected chi connectivity index (χ2v) is 4.41. The van der Waals surface area contributed by atoms with Gasteiger partial charge in [0.15, 0.2) is 0 Å². The lowest BCUT2D eigenvalue weighted by Crippen LogP contribution is -1.95. The van der Waals surface area contributed by atoms with E-state index >= 15 is 0 Å². The van der Waals surface area contributed by atoms with Crippen molar-refractivity contribution in [2.75, 3.05) is 0 Å². The lowest BCUT2D eigenvalue weighted by Gasteiger charge is -2.07. The van der Waals surface area contributed by atoms with E-state index in [0.29, 0.717) is 5.56 Å². The summed E-state index contributed by atoms with van der Waals surface area (Å²) in [6.07, 6.45) is 0. The van der Waals surface area contributed by atoms with E-state index in [9.17, 15) is 4.79 Å². The van der Waals surface area contributed by atoms with Crippen LogP contribution in [0.3, 0.4) is 0 Å². The number of carboxylic acid groups (broad SMARTS) is 1. The highest BCUT2D eigenvalue weighted by molar-refractivity contribution is 6.01. The maximum Gasteiger partial charge on any atom is 0.335 e. The number of hydrogen-bond donors (Lipinski definition) is 1. The fourth-order valence-electron chi connectivity index (χ4n) is 2.28. The predicted molar refractivity (Wildman–Crippen MR) is 87.7 cm³/mol. The highest BCUT2D eigenvalue weighted by Gasteiger charge is 2.07. The van der Waals surface area contributed by atoms with Crippen molar-refractivity contribution in [3.63, 3.8) is 0 Å². The third-order valence-corrected chi connectivity index (χ3v) is 3.21. The zero-order valence-electron chi connectivity index (χ0n) is 12.2. The fraction of sp³-hybridized carbons (Fsp3) is 0.105. The van der Waals surface area contributed by atoms with Gasteiger partial charge < -0.3 is 5.11 Å². The van der Waals surface area contributed by atoms with Crippen LogP contribution in [-0.2, 0) is 0 Å². The summed E-state index contributed by atoms with van der Waals surface area (Å²) in [5, 5.41) is 11.1. The van der Waals surface area contributed by atoms with Crippen LogP contribution in [0.4, 0.5) is 0 Å². The number of rotatable bonds is 2. The minimum absolute atomic E-state index is 0.316. The largest absolute Gasteiger partial charge is 0.478 e. The zero-order chi connectivity index (χ0) is 15.2. The second kappa shape index (κ2) is 6.71. The molecule has 106 valence electrons. The minimum Gasteiger partial charge on any atom is -0.478 e. The van der Waals surface area contributed by atoms with Gasteiger partial charge in [-0.25, -0.2) is 4.79 Å². The molecular formula is C19H18O2. The van der Waals surface area contributed by atoms with Crippen molar-refractivity contribution in [2.45, 2.75) is 13.8 Å². The molecular weight excluding hydrogens is 260 g/mol. The third kappa shape index (κ3) is 3.11. The lowest BCUT2D eigenvalue weighted by molar-refractivity contribution is 0.0697. The number of carbonyl (C=O) groups is 1. The van der Waals surface area contributed by atoms with Gasteiger partial charge in [0.25, 0.3) is 0 Å². The average molecular weight is 278 g/mol. The molecule has 0 saturated heterocycles. The van der Waals surface area contributed by atoms with E-state index in [1.807, 2.05) is 68.4 Å². The number of carboxylic acids is 1. The molecule has 0 radical (unpaired) electrons. The molecule has 3 rings (SSSR count). The van der Waals surface area contributed by atoms with Crippen LogP contribution in [0, 0.1) is 0 Å². The first kappa shape index (κ1) is 14.8. The van der Waals surface area contributed by atoms with Gasteiger partial charge in [-0.3, -0.25) is 0 Å². The van der Waals surface area contributed by atoms with Gasteiger partial charge in [-0.1, -0.05) is 68.4 Å². The number of aromatic carboxylic acids is 1. The van der Waals surface area contributed by atoms with Crippen molar-refractivity contribution in [3.8, 4) is 11.1 Å². The van der Waals surface area contributed by atoms with Gasteiger partial charge in [0, 0.05) is 0 Å². The van der Waals surface area contributed by atoms with Crippen molar-refractivity contribution in [2.24, 2.45) is 0 Å². The monoisotopic (exact) mass is 278 g/mol. The first-order valence-corrected chi connectivity index (χ1v) is 7.07. The van der Waals surface area contributed by atoms with E-state index in [1.165, 1.54) is 0 Å². The topological polar surface area (TPSA) is 37.3 Å². The van der Waals surface area contributed by atoms with Gasteiger partial charge in [0.2, 0.25) is 0 Å². The maximum absolute atomic E-state index is 11.1. The molecule has 0 atom stereocenters. The van der Waals surface area contributed by atoms with Crippen molar-refractivity contribution in [1.82, 2.24) is 0 Å². The van der Waals surface area contributed by atoms with E-state index < -0.39 is 5.97 Å². The standard InChI is InChI=1S/C17H12O2.C2H6/c18-17(19)14-10-9-13-7-4-8-15(16(13)11-14)12-5-2-1-3-6-12;1-2/h1-11H,(H,18,19);1-2H3. The Bertz CT molecular complexity index is 746. The molecule has 3 aromatic rings. The summed E-state index contributed by atoms with van der Waals surface area (Å²) in [7, 11) is 0. The molecule has 2 nitrogen and oxygen atoms in total. The van der Waals surface area contributed by atoms with Crippen molar-refractivity contribution in [1.29, 1.82) is 0 Å². The van der Waals surface area contributed by atoms with E-state index in [-0.39, 0.29) is 0 Å². The lowest BCUT2D eigenvalue weighted by atomic mass is 9.97. The van der Waals surface area contributed by atoms with Gasteiger partial charge in [-0.15, -0.1) is 0 Å². The van der Waals surface area contributed by atoms with E-state index in [4.69, 9.17) is 5.11 Å². The zero-order valence-corrected chi connectivity index (χ0v) is 12.2. The van der Waals surface area contributed by atoms with E-state index in [1.54, 1.807) is 12.1 Å². The van der Waals surface area contributed by atoms with E-state index in [0.717, 1.165) is 21.9 Å². The molecule has 0 bridgehead atoms. The Morgan fingerprint density at radius 3 is 2.24 bits per heavy atom. The molecule has 0 spiro atoms. The van der Waals surface area contributed by atoms with Gasteiger partial charge in [0.1, 0.15) is 0 Å².